The summed E-state index contributed by atoms with van der Waals surface area (Å²) >= 11 is 0. The highest BCUT2D eigenvalue weighted by Gasteiger charge is 2.37. The zero-order valence-electron chi connectivity index (χ0n) is 18.8. The Morgan fingerprint density at radius 1 is 1.00 bits per heavy atom. The van der Waals surface area contributed by atoms with Gasteiger partial charge in [0, 0.05) is 18.4 Å². The lowest BCUT2D eigenvalue weighted by molar-refractivity contribution is -0.142. The first kappa shape index (κ1) is 22.8. The Morgan fingerprint density at radius 3 is 2.15 bits per heavy atom. The van der Waals surface area contributed by atoms with Crippen LogP contribution in [0.3, 0.4) is 0 Å². The minimum atomic E-state index is -1.01. The molecule has 4 rings (SSSR count). The highest BCUT2D eigenvalue weighted by molar-refractivity contribution is 5.84. The second-order valence-electron chi connectivity index (χ2n) is 8.88. The Morgan fingerprint density at radius 2 is 1.61 bits per heavy atom. The third kappa shape index (κ3) is 5.35. The number of carbonyl (C=O) groups excluding carboxylic acids is 2. The summed E-state index contributed by atoms with van der Waals surface area (Å²) in [5.41, 5.74) is 4.59. The molecule has 0 aromatic heterocycles. The molecule has 2 aromatic carbocycles. The zero-order valence-corrected chi connectivity index (χ0v) is 18.8. The van der Waals surface area contributed by atoms with Crippen LogP contribution in [-0.2, 0) is 14.3 Å². The Hall–Kier alpha value is -3.35. The summed E-state index contributed by atoms with van der Waals surface area (Å²) in [6, 6.07) is 15.0. The maximum atomic E-state index is 12.6. The quantitative estimate of drug-likeness (QED) is 0.506. The first-order valence-electron chi connectivity index (χ1n) is 11.6. The van der Waals surface area contributed by atoms with Crippen LogP contribution < -0.4 is 10.6 Å². The summed E-state index contributed by atoms with van der Waals surface area (Å²) in [4.78, 5) is 36.4. The molecule has 0 bridgehead atoms. The zero-order chi connectivity index (χ0) is 23.4. The van der Waals surface area contributed by atoms with Crippen molar-refractivity contribution in [2.75, 3.05) is 6.61 Å². The maximum Gasteiger partial charge on any atom is 0.407 e. The van der Waals surface area contributed by atoms with E-state index in [1.54, 1.807) is 0 Å². The second kappa shape index (κ2) is 10.1. The van der Waals surface area contributed by atoms with Gasteiger partial charge in [-0.2, -0.15) is 0 Å². The molecular formula is C26H30N2O5. The predicted molar refractivity (Wildman–Crippen MR) is 124 cm³/mol. The van der Waals surface area contributed by atoms with E-state index in [1.807, 2.05) is 31.2 Å². The van der Waals surface area contributed by atoms with Gasteiger partial charge in [0.15, 0.2) is 0 Å². The number of fused-ring (bicyclic) bond motifs is 3. The summed E-state index contributed by atoms with van der Waals surface area (Å²) in [5.74, 6) is -1.41. The van der Waals surface area contributed by atoms with Crippen molar-refractivity contribution in [2.24, 2.45) is 5.92 Å². The molecule has 0 spiro atoms. The molecule has 1 fully saturated rings. The number of hydrogen-bond donors (Lipinski definition) is 3. The molecule has 0 aliphatic heterocycles. The molecule has 3 N–H and O–H groups in total. The third-order valence-corrected chi connectivity index (χ3v) is 6.41. The van der Waals surface area contributed by atoms with Crippen molar-refractivity contribution in [2.45, 2.75) is 57.0 Å². The lowest BCUT2D eigenvalue weighted by atomic mass is 9.98. The van der Waals surface area contributed by atoms with Crippen LogP contribution in [0.1, 0.15) is 56.1 Å². The van der Waals surface area contributed by atoms with E-state index in [2.05, 4.69) is 34.9 Å². The second-order valence-corrected chi connectivity index (χ2v) is 8.88. The number of carboxylic acid groups (broad SMARTS) is 1. The van der Waals surface area contributed by atoms with Gasteiger partial charge in [-0.15, -0.1) is 0 Å². The minimum absolute atomic E-state index is 0.00571. The van der Waals surface area contributed by atoms with Gasteiger partial charge in [-0.1, -0.05) is 61.9 Å². The van der Waals surface area contributed by atoms with E-state index in [1.165, 1.54) is 0 Å². The minimum Gasteiger partial charge on any atom is -0.480 e. The Bertz CT molecular complexity index is 987. The first-order valence-corrected chi connectivity index (χ1v) is 11.6. The summed E-state index contributed by atoms with van der Waals surface area (Å²) in [5, 5.41) is 14.7. The van der Waals surface area contributed by atoms with Gasteiger partial charge in [0.25, 0.3) is 0 Å². The van der Waals surface area contributed by atoms with Gasteiger partial charge in [-0.25, -0.2) is 9.59 Å². The van der Waals surface area contributed by atoms with E-state index < -0.39 is 24.1 Å². The number of aliphatic carboxylic acids is 1. The van der Waals surface area contributed by atoms with Crippen LogP contribution in [0.25, 0.3) is 11.1 Å². The highest BCUT2D eigenvalue weighted by atomic mass is 16.5. The molecule has 1 saturated carbocycles. The van der Waals surface area contributed by atoms with Crippen LogP contribution in [0.2, 0.25) is 0 Å². The molecule has 33 heavy (non-hydrogen) atoms. The number of nitrogens with one attached hydrogen (secondary N) is 2. The Kier molecular flexibility index (Phi) is 6.96. The van der Waals surface area contributed by atoms with Crippen LogP contribution in [0.5, 0.6) is 0 Å². The standard InChI is InChI=1S/C26H30N2O5/c1-2-7-17(14-23(29)28-24(25(30)31)16-12-13-16)27-26(32)33-15-22-20-10-5-3-8-18(20)19-9-4-6-11-21(19)22/h3-6,8-11,16-17,22,24H,2,7,12-15H2,1H3,(H,27,32)(H,28,29)(H,30,31). The van der Waals surface area contributed by atoms with Gasteiger partial charge in [0.05, 0.1) is 0 Å². The van der Waals surface area contributed by atoms with Crippen molar-refractivity contribution in [1.82, 2.24) is 10.6 Å². The molecule has 7 nitrogen and oxygen atoms in total. The molecule has 0 saturated heterocycles. The molecule has 2 aliphatic carbocycles. The van der Waals surface area contributed by atoms with E-state index >= 15 is 0 Å². The SMILES string of the molecule is CCCC(CC(=O)NC(C(=O)O)C1CC1)NC(=O)OCC1c2ccccc2-c2ccccc21. The molecule has 0 radical (unpaired) electrons. The van der Waals surface area contributed by atoms with E-state index in [0.717, 1.165) is 41.5 Å². The fourth-order valence-corrected chi connectivity index (χ4v) is 4.65. The van der Waals surface area contributed by atoms with E-state index in [4.69, 9.17) is 4.74 Å². The average molecular weight is 451 g/mol. The average Bonchev–Trinajstić information content (AvgIpc) is 3.58. The summed E-state index contributed by atoms with van der Waals surface area (Å²) in [6.07, 6.45) is 2.45. The van der Waals surface area contributed by atoms with E-state index in [0.29, 0.717) is 6.42 Å². The van der Waals surface area contributed by atoms with Crippen LogP contribution in [0.15, 0.2) is 48.5 Å². The first-order chi connectivity index (χ1) is 16.0. The summed E-state index contributed by atoms with van der Waals surface area (Å²) < 4.78 is 5.59. The van der Waals surface area contributed by atoms with Crippen molar-refractivity contribution < 1.29 is 24.2 Å². The molecule has 2 aromatic rings. The van der Waals surface area contributed by atoms with Crippen LogP contribution in [-0.4, -0.2) is 41.8 Å². The van der Waals surface area contributed by atoms with Crippen molar-refractivity contribution in [3.05, 3.63) is 59.7 Å². The van der Waals surface area contributed by atoms with Gasteiger partial charge < -0.3 is 20.5 Å². The number of rotatable bonds is 10. The van der Waals surface area contributed by atoms with Crippen LogP contribution in [0.4, 0.5) is 4.79 Å². The van der Waals surface area contributed by atoms with Crippen LogP contribution in [0, 0.1) is 5.92 Å². The summed E-state index contributed by atoms with van der Waals surface area (Å²) in [6.45, 7) is 2.17. The molecule has 2 aliphatic rings. The third-order valence-electron chi connectivity index (χ3n) is 6.41. The van der Waals surface area contributed by atoms with Crippen molar-refractivity contribution in [3.8, 4) is 11.1 Å². The smallest absolute Gasteiger partial charge is 0.407 e. The molecular weight excluding hydrogens is 420 g/mol. The largest absolute Gasteiger partial charge is 0.480 e. The van der Waals surface area contributed by atoms with Gasteiger partial charge >= 0.3 is 12.1 Å². The topological polar surface area (TPSA) is 105 Å². The van der Waals surface area contributed by atoms with Crippen molar-refractivity contribution in [3.63, 3.8) is 0 Å². The lowest BCUT2D eigenvalue weighted by Gasteiger charge is -2.20. The molecule has 174 valence electrons. The molecule has 7 heteroatoms. The highest BCUT2D eigenvalue weighted by Crippen LogP contribution is 2.44. The lowest BCUT2D eigenvalue weighted by Crippen LogP contribution is -2.45. The summed E-state index contributed by atoms with van der Waals surface area (Å²) in [7, 11) is 0. The van der Waals surface area contributed by atoms with Crippen LogP contribution >= 0.6 is 0 Å². The number of amides is 2. The number of ether oxygens (including phenoxy) is 1. The van der Waals surface area contributed by atoms with Gasteiger partial charge in [-0.05, 0) is 47.4 Å². The van der Waals surface area contributed by atoms with Gasteiger partial charge in [0.1, 0.15) is 12.6 Å². The predicted octanol–water partition coefficient (Wildman–Crippen LogP) is 4.06. The van der Waals surface area contributed by atoms with E-state index in [-0.39, 0.29) is 30.8 Å². The number of alkyl carbamates (subject to hydrolysis) is 1. The van der Waals surface area contributed by atoms with E-state index in [9.17, 15) is 19.5 Å². The van der Waals surface area contributed by atoms with Crippen molar-refractivity contribution in [1.29, 1.82) is 0 Å². The molecule has 2 unspecified atom stereocenters. The number of carbonyl (C=O) groups is 3. The molecule has 2 atom stereocenters. The normalized spacial score (nSPS) is 16.3. The van der Waals surface area contributed by atoms with Crippen molar-refractivity contribution >= 4 is 18.0 Å². The number of carboxylic acids is 1. The molecule has 2 amide bonds. The number of hydrogen-bond acceptors (Lipinski definition) is 4. The molecule has 0 heterocycles. The Balaban J connectivity index is 1.34. The van der Waals surface area contributed by atoms with Gasteiger partial charge in [-0.3, -0.25) is 4.79 Å². The Labute approximate surface area is 193 Å². The monoisotopic (exact) mass is 450 g/mol. The fraction of sp³-hybridized carbons (Fsp3) is 0.423. The number of benzene rings is 2. The fourth-order valence-electron chi connectivity index (χ4n) is 4.65. The van der Waals surface area contributed by atoms with Gasteiger partial charge in [0.2, 0.25) is 5.91 Å². The maximum absolute atomic E-state index is 12.6.